The third-order valence-electron chi connectivity index (χ3n) is 3.98. The van der Waals surface area contributed by atoms with E-state index < -0.39 is 17.5 Å². The summed E-state index contributed by atoms with van der Waals surface area (Å²) >= 11 is 1.18. The van der Waals surface area contributed by atoms with Crippen LogP contribution in [0.4, 0.5) is 18.9 Å². The molecule has 2 heterocycles. The fourth-order valence-electron chi connectivity index (χ4n) is 2.71. The number of benzene rings is 1. The van der Waals surface area contributed by atoms with E-state index in [1.165, 1.54) is 23.9 Å². The molecule has 0 aromatic heterocycles. The Morgan fingerprint density at radius 2 is 2.11 bits per heavy atom. The molecule has 2 fully saturated rings. The van der Waals surface area contributed by atoms with Gasteiger partial charge in [-0.25, -0.2) is 0 Å². The molecule has 0 saturated carbocycles. The molecule has 3 rings (SSSR count). The predicted molar refractivity (Wildman–Crippen MR) is 97.2 cm³/mol. The normalized spacial score (nSPS) is 23.7. The average Bonchev–Trinajstić information content (AvgIpc) is 3.24. The van der Waals surface area contributed by atoms with E-state index in [9.17, 15) is 22.8 Å². The number of ether oxygens (including phenoxy) is 2. The van der Waals surface area contributed by atoms with Crippen LogP contribution in [0.15, 0.2) is 29.3 Å². The number of rotatable bonds is 6. The number of carbonyl (C=O) groups is 2. The number of alkyl halides is 3. The largest absolute Gasteiger partial charge is 0.573 e. The Morgan fingerprint density at radius 3 is 2.75 bits per heavy atom. The number of hydrogen-bond donors (Lipinski definition) is 2. The molecule has 2 N–H and O–H groups in total. The van der Waals surface area contributed by atoms with Gasteiger partial charge in [-0.2, -0.15) is 0 Å². The Bertz CT molecular complexity index is 749. The Kier molecular flexibility index (Phi) is 6.45. The van der Waals surface area contributed by atoms with Crippen LogP contribution in [0.25, 0.3) is 0 Å². The Hall–Kier alpha value is -2.27. The highest BCUT2D eigenvalue weighted by molar-refractivity contribution is 8.15. The number of carbonyl (C=O) groups excluding carboxylic acids is 2. The number of aliphatic imine (C=N–C) groups is 1. The molecule has 11 heteroatoms. The molecule has 2 aliphatic rings. The van der Waals surface area contributed by atoms with E-state index in [0.29, 0.717) is 17.4 Å². The van der Waals surface area contributed by atoms with Crippen molar-refractivity contribution in [1.29, 1.82) is 0 Å². The first-order valence-corrected chi connectivity index (χ1v) is 9.46. The zero-order chi connectivity index (χ0) is 20.1. The van der Waals surface area contributed by atoms with Crippen molar-refractivity contribution in [1.82, 2.24) is 5.32 Å². The summed E-state index contributed by atoms with van der Waals surface area (Å²) < 4.78 is 45.7. The van der Waals surface area contributed by atoms with E-state index in [1.54, 1.807) is 0 Å². The van der Waals surface area contributed by atoms with Gasteiger partial charge in [0.15, 0.2) is 5.17 Å². The van der Waals surface area contributed by atoms with E-state index in [-0.39, 0.29) is 24.2 Å². The van der Waals surface area contributed by atoms with Crippen LogP contribution >= 0.6 is 11.8 Å². The van der Waals surface area contributed by atoms with Crippen LogP contribution in [0.5, 0.6) is 5.75 Å². The maximum atomic E-state index is 12.1. The molecule has 2 aliphatic heterocycles. The minimum atomic E-state index is -4.78. The summed E-state index contributed by atoms with van der Waals surface area (Å²) in [7, 11) is 0. The Morgan fingerprint density at radius 1 is 1.36 bits per heavy atom. The van der Waals surface area contributed by atoms with E-state index in [0.717, 1.165) is 31.6 Å². The van der Waals surface area contributed by atoms with Crippen LogP contribution in [0.3, 0.4) is 0 Å². The van der Waals surface area contributed by atoms with Crippen molar-refractivity contribution in [3.8, 4) is 5.75 Å². The molecule has 28 heavy (non-hydrogen) atoms. The lowest BCUT2D eigenvalue weighted by Gasteiger charge is -2.10. The zero-order valence-electron chi connectivity index (χ0n) is 14.6. The molecule has 0 spiro atoms. The van der Waals surface area contributed by atoms with Gasteiger partial charge in [-0.15, -0.1) is 13.2 Å². The number of halogens is 3. The van der Waals surface area contributed by atoms with Crippen LogP contribution in [0, 0.1) is 0 Å². The number of amidine groups is 1. The second-order valence-electron chi connectivity index (χ2n) is 6.20. The molecule has 7 nitrogen and oxygen atoms in total. The third-order valence-corrected chi connectivity index (χ3v) is 5.10. The summed E-state index contributed by atoms with van der Waals surface area (Å²) in [4.78, 5) is 28.4. The Balaban J connectivity index is 1.47. The number of hydrogen-bond acceptors (Lipinski definition) is 6. The van der Waals surface area contributed by atoms with Gasteiger partial charge < -0.3 is 20.1 Å². The smallest absolute Gasteiger partial charge is 0.406 e. The summed E-state index contributed by atoms with van der Waals surface area (Å²) in [5, 5.41) is 5.03. The van der Waals surface area contributed by atoms with Crippen molar-refractivity contribution in [2.45, 2.75) is 37.0 Å². The van der Waals surface area contributed by atoms with Crippen molar-refractivity contribution >= 4 is 34.4 Å². The SMILES string of the molecule is O=C(C[C@@H]1SC(=NC[C@@H]2CCCO2)NC1=O)Nc1ccc(OC(F)(F)F)cc1. The lowest BCUT2D eigenvalue weighted by molar-refractivity contribution is -0.274. The topological polar surface area (TPSA) is 89.0 Å². The van der Waals surface area contributed by atoms with Crippen LogP contribution in [0.2, 0.25) is 0 Å². The van der Waals surface area contributed by atoms with E-state index in [4.69, 9.17) is 4.74 Å². The van der Waals surface area contributed by atoms with Crippen molar-refractivity contribution in [2.24, 2.45) is 4.99 Å². The van der Waals surface area contributed by atoms with Crippen molar-refractivity contribution in [3.63, 3.8) is 0 Å². The van der Waals surface area contributed by atoms with Gasteiger partial charge in [-0.3, -0.25) is 14.6 Å². The van der Waals surface area contributed by atoms with Crippen LogP contribution in [0.1, 0.15) is 19.3 Å². The summed E-state index contributed by atoms with van der Waals surface area (Å²) in [5.41, 5.74) is 0.301. The van der Waals surface area contributed by atoms with Gasteiger partial charge in [0.1, 0.15) is 11.0 Å². The van der Waals surface area contributed by atoms with Gasteiger partial charge in [0.25, 0.3) is 0 Å². The van der Waals surface area contributed by atoms with Crippen LogP contribution in [-0.4, -0.2) is 47.8 Å². The molecule has 0 unspecified atom stereocenters. The Labute approximate surface area is 163 Å². The van der Waals surface area contributed by atoms with E-state index in [2.05, 4.69) is 20.4 Å². The minimum absolute atomic E-state index is 0.0663. The molecule has 152 valence electrons. The van der Waals surface area contributed by atoms with Crippen molar-refractivity contribution in [3.05, 3.63) is 24.3 Å². The molecule has 0 aliphatic carbocycles. The van der Waals surface area contributed by atoms with Crippen LogP contribution in [-0.2, 0) is 14.3 Å². The van der Waals surface area contributed by atoms with E-state index in [1.807, 2.05) is 0 Å². The third kappa shape index (κ3) is 6.13. The van der Waals surface area contributed by atoms with Gasteiger partial charge in [0, 0.05) is 18.7 Å². The van der Waals surface area contributed by atoms with Gasteiger partial charge in [0.2, 0.25) is 11.8 Å². The highest BCUT2D eigenvalue weighted by Gasteiger charge is 2.33. The van der Waals surface area contributed by atoms with Gasteiger partial charge in [-0.05, 0) is 37.1 Å². The van der Waals surface area contributed by atoms with E-state index >= 15 is 0 Å². The summed E-state index contributed by atoms with van der Waals surface area (Å²) in [6.45, 7) is 1.19. The maximum Gasteiger partial charge on any atom is 0.573 e. The van der Waals surface area contributed by atoms with Gasteiger partial charge >= 0.3 is 6.36 Å². The maximum absolute atomic E-state index is 12.1. The molecular weight excluding hydrogens is 399 g/mol. The molecular formula is C17H18F3N3O4S. The minimum Gasteiger partial charge on any atom is -0.406 e. The quantitative estimate of drug-likeness (QED) is 0.743. The number of anilines is 1. The first kappa shape index (κ1) is 20.5. The highest BCUT2D eigenvalue weighted by atomic mass is 32.2. The van der Waals surface area contributed by atoms with Gasteiger partial charge in [0.05, 0.1) is 12.6 Å². The zero-order valence-corrected chi connectivity index (χ0v) is 15.4. The molecule has 0 radical (unpaired) electrons. The summed E-state index contributed by atoms with van der Waals surface area (Å²) in [6, 6.07) is 4.76. The number of nitrogens with zero attached hydrogens (tertiary/aromatic N) is 1. The molecule has 2 saturated heterocycles. The molecule has 2 amide bonds. The molecule has 2 atom stereocenters. The number of thioether (sulfide) groups is 1. The molecule has 1 aromatic carbocycles. The summed E-state index contributed by atoms with van der Waals surface area (Å²) in [5.74, 6) is -1.12. The van der Waals surface area contributed by atoms with Crippen LogP contribution < -0.4 is 15.4 Å². The fraction of sp³-hybridized carbons (Fsp3) is 0.471. The second kappa shape index (κ2) is 8.82. The summed E-state index contributed by atoms with van der Waals surface area (Å²) in [6.07, 6.45) is -2.86. The highest BCUT2D eigenvalue weighted by Crippen LogP contribution is 2.26. The average molecular weight is 417 g/mol. The molecule has 1 aromatic rings. The standard InChI is InChI=1S/C17H18F3N3O4S/c18-17(19,20)27-11-5-3-10(4-6-11)22-14(24)8-13-15(25)23-16(28-13)21-9-12-2-1-7-26-12/h3-6,12-13H,1-2,7-9H2,(H,22,24)(H,21,23,25)/t12-,13-/m0/s1. The monoisotopic (exact) mass is 417 g/mol. The number of nitrogens with one attached hydrogen (secondary N) is 2. The first-order chi connectivity index (χ1) is 13.3. The van der Waals surface area contributed by atoms with Crippen molar-refractivity contribution < 1.29 is 32.2 Å². The lowest BCUT2D eigenvalue weighted by Crippen LogP contribution is -2.28. The second-order valence-corrected chi connectivity index (χ2v) is 7.39. The predicted octanol–water partition coefficient (Wildman–Crippen LogP) is 2.68. The number of amides is 2. The molecule has 0 bridgehead atoms. The first-order valence-electron chi connectivity index (χ1n) is 8.58. The van der Waals surface area contributed by atoms with Gasteiger partial charge in [-0.1, -0.05) is 11.8 Å². The lowest BCUT2D eigenvalue weighted by atomic mass is 10.2. The van der Waals surface area contributed by atoms with Crippen molar-refractivity contribution in [2.75, 3.05) is 18.5 Å². The fourth-order valence-corrected chi connectivity index (χ4v) is 3.69.